The molecular formula is C28H31ClN4O2S. The van der Waals surface area contributed by atoms with E-state index < -0.39 is 0 Å². The number of halogens is 1. The number of nitrogens with zero attached hydrogens (tertiary/aromatic N) is 2. The van der Waals surface area contributed by atoms with Gasteiger partial charge in [-0.3, -0.25) is 14.5 Å². The van der Waals surface area contributed by atoms with Crippen LogP contribution >= 0.6 is 22.9 Å². The summed E-state index contributed by atoms with van der Waals surface area (Å²) in [6.45, 7) is 6.07. The highest BCUT2D eigenvalue weighted by Gasteiger charge is 2.36. The van der Waals surface area contributed by atoms with E-state index in [1.807, 2.05) is 24.3 Å². The van der Waals surface area contributed by atoms with Gasteiger partial charge in [0.2, 0.25) is 5.91 Å². The van der Waals surface area contributed by atoms with Crippen molar-refractivity contribution >= 4 is 39.9 Å². The van der Waals surface area contributed by atoms with Gasteiger partial charge in [-0.05, 0) is 60.6 Å². The summed E-state index contributed by atoms with van der Waals surface area (Å²) in [6.07, 6.45) is 3.54. The van der Waals surface area contributed by atoms with E-state index in [4.69, 9.17) is 16.6 Å². The summed E-state index contributed by atoms with van der Waals surface area (Å²) in [4.78, 5) is 33.5. The minimum Gasteiger partial charge on any atom is -0.349 e. The van der Waals surface area contributed by atoms with E-state index in [-0.39, 0.29) is 24.3 Å². The fourth-order valence-corrected chi connectivity index (χ4v) is 6.05. The van der Waals surface area contributed by atoms with Gasteiger partial charge in [0, 0.05) is 34.6 Å². The Kier molecular flexibility index (Phi) is 7.42. The molecule has 0 spiro atoms. The van der Waals surface area contributed by atoms with Crippen LogP contribution in [0.15, 0.2) is 48.5 Å². The third kappa shape index (κ3) is 5.64. The minimum absolute atomic E-state index is 0.0437. The molecule has 1 atom stereocenters. The number of carbonyl (C=O) groups is 2. The number of thiazole rings is 1. The van der Waals surface area contributed by atoms with Crippen molar-refractivity contribution in [2.45, 2.75) is 64.7 Å². The van der Waals surface area contributed by atoms with Gasteiger partial charge in [-0.15, -0.1) is 11.3 Å². The third-order valence-corrected chi connectivity index (χ3v) is 8.17. The maximum Gasteiger partial charge on any atom is 0.251 e. The molecule has 8 heteroatoms. The van der Waals surface area contributed by atoms with Crippen LogP contribution in [-0.2, 0) is 24.3 Å². The topological polar surface area (TPSA) is 74.3 Å². The van der Waals surface area contributed by atoms with Gasteiger partial charge in [0.05, 0.1) is 18.2 Å². The Balaban J connectivity index is 1.19. The third-order valence-electron chi connectivity index (χ3n) is 6.95. The fourth-order valence-electron chi connectivity index (χ4n) is 4.88. The summed E-state index contributed by atoms with van der Waals surface area (Å²) in [5.74, 6) is 0.246. The number of benzene rings is 2. The van der Waals surface area contributed by atoms with Crippen molar-refractivity contribution in [3.05, 3.63) is 80.8 Å². The first-order chi connectivity index (χ1) is 17.4. The Labute approximate surface area is 221 Å². The van der Waals surface area contributed by atoms with Crippen LogP contribution in [0, 0.1) is 5.92 Å². The number of amides is 2. The van der Waals surface area contributed by atoms with Crippen LogP contribution in [0.4, 0.5) is 5.13 Å². The summed E-state index contributed by atoms with van der Waals surface area (Å²) in [5, 5.41) is 7.42. The van der Waals surface area contributed by atoms with Gasteiger partial charge < -0.3 is 10.6 Å². The summed E-state index contributed by atoms with van der Waals surface area (Å²) >= 11 is 7.60. The molecule has 2 N–H and O–H groups in total. The monoisotopic (exact) mass is 522 g/mol. The molecule has 1 aliphatic carbocycles. The average Bonchev–Trinajstić information content (AvgIpc) is 3.34. The maximum absolute atomic E-state index is 12.7. The highest BCUT2D eigenvalue weighted by Crippen LogP contribution is 2.43. The van der Waals surface area contributed by atoms with Crippen LogP contribution < -0.4 is 10.6 Å². The first-order valence-electron chi connectivity index (χ1n) is 12.5. The van der Waals surface area contributed by atoms with E-state index in [9.17, 15) is 9.59 Å². The molecule has 0 saturated heterocycles. The first-order valence-corrected chi connectivity index (χ1v) is 13.7. The Bertz CT molecular complexity index is 1240. The molecule has 188 valence electrons. The molecule has 0 unspecified atom stereocenters. The second-order valence-electron chi connectivity index (χ2n) is 10.1. The molecule has 2 heterocycles. The minimum atomic E-state index is -0.104. The predicted octanol–water partition coefficient (Wildman–Crippen LogP) is 5.97. The Morgan fingerprint density at radius 3 is 2.42 bits per heavy atom. The molecule has 5 rings (SSSR count). The van der Waals surface area contributed by atoms with Gasteiger partial charge in [-0.25, -0.2) is 4.98 Å². The van der Waals surface area contributed by atoms with Crippen molar-refractivity contribution in [3.63, 3.8) is 0 Å². The second kappa shape index (κ2) is 10.7. The Hall–Kier alpha value is -2.74. The Morgan fingerprint density at radius 2 is 1.78 bits per heavy atom. The van der Waals surface area contributed by atoms with Gasteiger partial charge in [-0.2, -0.15) is 0 Å². The molecule has 3 aromatic rings. The molecule has 6 nitrogen and oxygen atoms in total. The highest BCUT2D eigenvalue weighted by molar-refractivity contribution is 7.15. The fraction of sp³-hybridized carbons (Fsp3) is 0.393. The standard InChI is InChI=1S/C28H31ClN4O2S/c1-17(2)26-25-23(16-33(26)15-19-8-12-21(29)13-9-19)36-28(32-25)31-24(34)14-18-6-10-20(11-7-18)27(35)30-22-4-3-5-22/h6-13,17,22,26H,3-5,14-16H2,1-2H3,(H,30,35)(H,31,32,34)/t26-/m0/s1. The van der Waals surface area contributed by atoms with E-state index in [0.717, 1.165) is 42.2 Å². The molecule has 1 fully saturated rings. The van der Waals surface area contributed by atoms with Crippen LogP contribution in [0.3, 0.4) is 0 Å². The molecule has 1 aromatic heterocycles. The zero-order valence-corrected chi connectivity index (χ0v) is 22.2. The SMILES string of the molecule is CC(C)[C@H]1c2nc(NC(=O)Cc3ccc(C(=O)NC4CCC4)cc3)sc2CN1Cc1ccc(Cl)cc1. The number of hydrogen-bond donors (Lipinski definition) is 2. The van der Waals surface area contributed by atoms with Crippen LogP contribution in [0.1, 0.15) is 71.2 Å². The number of fused-ring (bicyclic) bond motifs is 1. The van der Waals surface area contributed by atoms with Crippen molar-refractivity contribution < 1.29 is 9.59 Å². The number of aromatic nitrogens is 1. The largest absolute Gasteiger partial charge is 0.349 e. The lowest BCUT2D eigenvalue weighted by Gasteiger charge is -2.27. The average molecular weight is 523 g/mol. The number of rotatable bonds is 8. The molecule has 2 aromatic carbocycles. The summed E-state index contributed by atoms with van der Waals surface area (Å²) in [7, 11) is 0. The molecule has 2 amide bonds. The van der Waals surface area contributed by atoms with Crippen LogP contribution in [0.5, 0.6) is 0 Å². The second-order valence-corrected chi connectivity index (χ2v) is 11.6. The molecule has 2 aliphatic rings. The molecule has 1 aliphatic heterocycles. The number of hydrogen-bond acceptors (Lipinski definition) is 5. The summed E-state index contributed by atoms with van der Waals surface area (Å²) < 4.78 is 0. The van der Waals surface area contributed by atoms with Crippen molar-refractivity contribution in [1.29, 1.82) is 0 Å². The first kappa shape index (κ1) is 24.9. The predicted molar refractivity (Wildman–Crippen MR) is 144 cm³/mol. The molecule has 0 radical (unpaired) electrons. The summed E-state index contributed by atoms with van der Waals surface area (Å²) in [6, 6.07) is 15.8. The lowest BCUT2D eigenvalue weighted by Crippen LogP contribution is -2.39. The van der Waals surface area contributed by atoms with Gasteiger partial charge in [0.1, 0.15) is 0 Å². The number of carbonyl (C=O) groups excluding carboxylic acids is 2. The molecule has 36 heavy (non-hydrogen) atoms. The zero-order chi connectivity index (χ0) is 25.2. The Morgan fingerprint density at radius 1 is 1.08 bits per heavy atom. The van der Waals surface area contributed by atoms with Crippen molar-refractivity contribution in [2.24, 2.45) is 5.92 Å². The summed E-state index contributed by atoms with van der Waals surface area (Å²) in [5.41, 5.74) is 3.79. The molecular weight excluding hydrogens is 492 g/mol. The molecule has 0 bridgehead atoms. The van der Waals surface area contributed by atoms with Gasteiger partial charge in [0.15, 0.2) is 5.13 Å². The van der Waals surface area contributed by atoms with Crippen molar-refractivity contribution in [1.82, 2.24) is 15.2 Å². The van der Waals surface area contributed by atoms with Crippen molar-refractivity contribution in [2.75, 3.05) is 5.32 Å². The van der Waals surface area contributed by atoms with E-state index in [0.29, 0.717) is 22.7 Å². The van der Waals surface area contributed by atoms with Crippen LogP contribution in [0.2, 0.25) is 5.02 Å². The van der Waals surface area contributed by atoms with Crippen LogP contribution in [0.25, 0.3) is 0 Å². The van der Waals surface area contributed by atoms with E-state index in [1.54, 1.807) is 23.5 Å². The number of anilines is 1. The number of nitrogens with one attached hydrogen (secondary N) is 2. The maximum atomic E-state index is 12.7. The van der Waals surface area contributed by atoms with Crippen LogP contribution in [-0.4, -0.2) is 27.7 Å². The quantitative estimate of drug-likeness (QED) is 0.382. The van der Waals surface area contributed by atoms with Crippen molar-refractivity contribution in [3.8, 4) is 0 Å². The lowest BCUT2D eigenvalue weighted by molar-refractivity contribution is -0.115. The zero-order valence-electron chi connectivity index (χ0n) is 20.6. The van der Waals surface area contributed by atoms with Gasteiger partial charge in [0.25, 0.3) is 5.91 Å². The van der Waals surface area contributed by atoms with E-state index >= 15 is 0 Å². The van der Waals surface area contributed by atoms with E-state index in [2.05, 4.69) is 41.5 Å². The smallest absolute Gasteiger partial charge is 0.251 e. The normalized spacial score (nSPS) is 17.6. The molecule has 1 saturated carbocycles. The van der Waals surface area contributed by atoms with E-state index in [1.165, 1.54) is 16.9 Å². The van der Waals surface area contributed by atoms with Gasteiger partial charge in [-0.1, -0.05) is 49.7 Å². The van der Waals surface area contributed by atoms with Gasteiger partial charge >= 0.3 is 0 Å². The highest BCUT2D eigenvalue weighted by atomic mass is 35.5. The lowest BCUT2D eigenvalue weighted by atomic mass is 9.93.